The van der Waals surface area contributed by atoms with E-state index >= 15 is 0 Å². The first-order chi connectivity index (χ1) is 13.6. The first kappa shape index (κ1) is 21.2. The number of hydrogen-bond donors (Lipinski definition) is 2. The van der Waals surface area contributed by atoms with Crippen LogP contribution in [0, 0.1) is 40.4 Å². The van der Waals surface area contributed by atoms with E-state index in [1.807, 2.05) is 0 Å². The molecule has 0 amide bonds. The van der Waals surface area contributed by atoms with E-state index < -0.39 is 0 Å². The van der Waals surface area contributed by atoms with Crippen molar-refractivity contribution in [2.75, 3.05) is 19.7 Å². The van der Waals surface area contributed by atoms with Crippen LogP contribution >= 0.6 is 0 Å². The van der Waals surface area contributed by atoms with Crippen molar-refractivity contribution in [1.29, 1.82) is 0 Å². The molecule has 7 atom stereocenters. The van der Waals surface area contributed by atoms with Gasteiger partial charge in [0.25, 0.3) is 0 Å². The summed E-state index contributed by atoms with van der Waals surface area (Å²) in [6.45, 7) is 7.85. The zero-order valence-corrected chi connectivity index (χ0v) is 18.9. The highest BCUT2D eigenvalue weighted by Gasteiger charge is 2.59. The van der Waals surface area contributed by atoms with Crippen LogP contribution in [0.25, 0.3) is 0 Å². The summed E-state index contributed by atoms with van der Waals surface area (Å²) in [4.78, 5) is 0. The van der Waals surface area contributed by atoms with E-state index in [-0.39, 0.29) is 0 Å². The molecule has 0 aromatic carbocycles. The third kappa shape index (κ3) is 3.82. The highest BCUT2D eigenvalue weighted by molar-refractivity contribution is 5.08. The van der Waals surface area contributed by atoms with Gasteiger partial charge in [0.2, 0.25) is 0 Å². The number of unbranched alkanes of at least 4 members (excludes halogenated alkanes) is 1. The van der Waals surface area contributed by atoms with Crippen molar-refractivity contribution in [2.45, 2.75) is 104 Å². The van der Waals surface area contributed by atoms with Crippen LogP contribution in [-0.2, 0) is 0 Å². The summed E-state index contributed by atoms with van der Waals surface area (Å²) in [6, 6.07) is 0. The second-order valence-corrected chi connectivity index (χ2v) is 11.5. The average Bonchev–Trinajstić information content (AvgIpc) is 3.03. The van der Waals surface area contributed by atoms with E-state index in [4.69, 9.17) is 5.11 Å². The molecule has 162 valence electrons. The molecule has 2 nitrogen and oxygen atoms in total. The van der Waals surface area contributed by atoms with Crippen LogP contribution in [0.3, 0.4) is 0 Å². The van der Waals surface area contributed by atoms with Crippen LogP contribution in [-0.4, -0.2) is 24.8 Å². The van der Waals surface area contributed by atoms with Gasteiger partial charge in [-0.3, -0.25) is 0 Å². The molecule has 4 rings (SSSR count). The Labute approximate surface area is 174 Å². The third-order valence-corrected chi connectivity index (χ3v) is 10.4. The highest BCUT2D eigenvalue weighted by Crippen LogP contribution is 2.67. The summed E-state index contributed by atoms with van der Waals surface area (Å²) in [6.07, 6.45) is 20.4. The lowest BCUT2D eigenvalue weighted by atomic mass is 9.45. The van der Waals surface area contributed by atoms with Gasteiger partial charge in [-0.15, -0.1) is 0 Å². The predicted molar refractivity (Wildman–Crippen MR) is 118 cm³/mol. The molecule has 0 aromatic heterocycles. The molecule has 4 aliphatic rings. The zero-order valence-electron chi connectivity index (χ0n) is 18.9. The van der Waals surface area contributed by atoms with E-state index in [2.05, 4.69) is 19.2 Å². The predicted octanol–water partition coefficient (Wildman–Crippen LogP) is 6.18. The van der Waals surface area contributed by atoms with Gasteiger partial charge in [-0.05, 0) is 124 Å². The van der Waals surface area contributed by atoms with E-state index in [1.54, 1.807) is 19.3 Å². The molecule has 28 heavy (non-hydrogen) atoms. The zero-order chi connectivity index (χ0) is 19.6. The lowest BCUT2D eigenvalue weighted by Gasteiger charge is -2.60. The van der Waals surface area contributed by atoms with E-state index in [0.29, 0.717) is 17.4 Å². The van der Waals surface area contributed by atoms with Crippen molar-refractivity contribution in [3.8, 4) is 0 Å². The summed E-state index contributed by atoms with van der Waals surface area (Å²) in [5.41, 5.74) is 1.35. The molecule has 4 aliphatic carbocycles. The largest absolute Gasteiger partial charge is 0.396 e. The molecular weight excluding hydrogens is 342 g/mol. The Morgan fingerprint density at radius 3 is 2.46 bits per heavy atom. The van der Waals surface area contributed by atoms with E-state index in [1.165, 1.54) is 64.2 Å². The van der Waals surface area contributed by atoms with E-state index in [0.717, 1.165) is 49.1 Å². The quantitative estimate of drug-likeness (QED) is 0.486. The van der Waals surface area contributed by atoms with Crippen LogP contribution in [0.4, 0.5) is 0 Å². The molecule has 4 saturated carbocycles. The Bertz CT molecular complexity index is 507. The van der Waals surface area contributed by atoms with Gasteiger partial charge in [0.15, 0.2) is 0 Å². The summed E-state index contributed by atoms with van der Waals surface area (Å²) < 4.78 is 0. The standard InChI is InChI=1S/C26H47NO/c1-25-15-5-3-8-20(25)10-12-22-23-13-11-21(26(23,2)16-14-24(22)25)9-4-6-17-27-18-7-19-28/h20-24,27-28H,3-19H2,1-2H3. The van der Waals surface area contributed by atoms with Crippen LogP contribution < -0.4 is 5.32 Å². The minimum absolute atomic E-state index is 0.316. The second-order valence-electron chi connectivity index (χ2n) is 11.5. The first-order valence-electron chi connectivity index (χ1n) is 12.9. The van der Waals surface area contributed by atoms with Crippen molar-refractivity contribution < 1.29 is 5.11 Å². The SMILES string of the molecule is CC12CCCCC1CCC1C2CCC2(C)C(CCCCNCCCO)CCC12. The third-order valence-electron chi connectivity index (χ3n) is 10.4. The topological polar surface area (TPSA) is 32.3 Å². The van der Waals surface area contributed by atoms with Gasteiger partial charge in [-0.1, -0.05) is 33.1 Å². The Morgan fingerprint density at radius 2 is 1.61 bits per heavy atom. The van der Waals surface area contributed by atoms with Crippen LogP contribution in [0.1, 0.15) is 104 Å². The second kappa shape index (κ2) is 8.96. The molecule has 0 bridgehead atoms. The average molecular weight is 390 g/mol. The molecule has 0 aliphatic heterocycles. The number of aliphatic hydroxyl groups excluding tert-OH is 1. The maximum Gasteiger partial charge on any atom is 0.0443 e. The number of nitrogens with one attached hydrogen (secondary N) is 1. The van der Waals surface area contributed by atoms with Crippen molar-refractivity contribution in [3.63, 3.8) is 0 Å². The van der Waals surface area contributed by atoms with Crippen molar-refractivity contribution in [1.82, 2.24) is 5.32 Å². The molecule has 0 radical (unpaired) electrons. The van der Waals surface area contributed by atoms with Crippen LogP contribution in [0.15, 0.2) is 0 Å². The van der Waals surface area contributed by atoms with Gasteiger partial charge in [-0.2, -0.15) is 0 Å². The van der Waals surface area contributed by atoms with Gasteiger partial charge < -0.3 is 10.4 Å². The Kier molecular flexibility index (Phi) is 6.77. The van der Waals surface area contributed by atoms with Gasteiger partial charge >= 0.3 is 0 Å². The Balaban J connectivity index is 1.32. The number of aliphatic hydroxyl groups is 1. The Morgan fingerprint density at radius 1 is 0.786 bits per heavy atom. The molecule has 0 aromatic rings. The fraction of sp³-hybridized carbons (Fsp3) is 1.00. The van der Waals surface area contributed by atoms with Crippen molar-refractivity contribution in [2.24, 2.45) is 40.4 Å². The smallest absolute Gasteiger partial charge is 0.0443 e. The number of fused-ring (bicyclic) bond motifs is 5. The lowest BCUT2D eigenvalue weighted by Crippen LogP contribution is -2.52. The highest BCUT2D eigenvalue weighted by atomic mass is 16.3. The molecule has 0 heterocycles. The fourth-order valence-corrected chi connectivity index (χ4v) is 8.85. The molecule has 4 fully saturated rings. The minimum atomic E-state index is 0.316. The molecule has 0 spiro atoms. The number of rotatable bonds is 8. The molecule has 2 heteroatoms. The van der Waals surface area contributed by atoms with Gasteiger partial charge in [0, 0.05) is 6.61 Å². The molecular formula is C26H47NO. The van der Waals surface area contributed by atoms with Gasteiger partial charge in [0.05, 0.1) is 0 Å². The Hall–Kier alpha value is -0.0800. The van der Waals surface area contributed by atoms with Gasteiger partial charge in [-0.25, -0.2) is 0 Å². The summed E-state index contributed by atoms with van der Waals surface area (Å²) >= 11 is 0. The first-order valence-corrected chi connectivity index (χ1v) is 12.9. The summed E-state index contributed by atoms with van der Waals surface area (Å²) in [5, 5.41) is 12.4. The molecule has 0 saturated heterocycles. The summed E-state index contributed by atoms with van der Waals surface area (Å²) in [5.74, 6) is 5.20. The monoisotopic (exact) mass is 389 g/mol. The van der Waals surface area contributed by atoms with Crippen molar-refractivity contribution in [3.05, 3.63) is 0 Å². The van der Waals surface area contributed by atoms with Crippen LogP contribution in [0.5, 0.6) is 0 Å². The lowest BCUT2D eigenvalue weighted by molar-refractivity contribution is -0.111. The van der Waals surface area contributed by atoms with E-state index in [9.17, 15) is 0 Å². The fourth-order valence-electron chi connectivity index (χ4n) is 8.85. The maximum atomic E-state index is 8.87. The molecule has 2 N–H and O–H groups in total. The number of hydrogen-bond acceptors (Lipinski definition) is 2. The summed E-state index contributed by atoms with van der Waals surface area (Å²) in [7, 11) is 0. The molecule has 7 unspecified atom stereocenters. The van der Waals surface area contributed by atoms with Gasteiger partial charge in [0.1, 0.15) is 0 Å². The van der Waals surface area contributed by atoms with Crippen molar-refractivity contribution >= 4 is 0 Å². The maximum absolute atomic E-state index is 8.87. The minimum Gasteiger partial charge on any atom is -0.396 e. The normalized spacial score (nSPS) is 45.3. The van der Waals surface area contributed by atoms with Crippen LogP contribution in [0.2, 0.25) is 0 Å².